The smallest absolute Gasteiger partial charge is 0.230 e. The zero-order valence-corrected chi connectivity index (χ0v) is 12.2. The van der Waals surface area contributed by atoms with Gasteiger partial charge < -0.3 is 0 Å². The maximum Gasteiger partial charge on any atom is 0.230 e. The van der Waals surface area contributed by atoms with Gasteiger partial charge in [-0.25, -0.2) is 4.39 Å². The Bertz CT molecular complexity index is 518. The highest BCUT2D eigenvalue weighted by molar-refractivity contribution is 9.10. The van der Waals surface area contributed by atoms with Gasteiger partial charge >= 0.3 is 0 Å². The number of carbonyl (C=O) groups excluding carboxylic acids is 2. The van der Waals surface area contributed by atoms with Gasteiger partial charge in [-0.2, -0.15) is 0 Å². The molecule has 0 bridgehead atoms. The SMILES string of the molecule is CCCC1C(=O)NC(=O)CC1c1ccc(Br)cc1F. The molecule has 2 amide bonds. The van der Waals surface area contributed by atoms with Crippen LogP contribution in [0.25, 0.3) is 0 Å². The maximum atomic E-state index is 14.0. The summed E-state index contributed by atoms with van der Waals surface area (Å²) >= 11 is 3.20. The maximum absolute atomic E-state index is 14.0. The van der Waals surface area contributed by atoms with E-state index in [0.29, 0.717) is 16.5 Å². The van der Waals surface area contributed by atoms with Gasteiger partial charge in [-0.15, -0.1) is 0 Å². The van der Waals surface area contributed by atoms with Crippen LogP contribution in [-0.4, -0.2) is 11.8 Å². The average molecular weight is 328 g/mol. The predicted molar refractivity (Wildman–Crippen MR) is 73.0 cm³/mol. The van der Waals surface area contributed by atoms with E-state index in [1.807, 2.05) is 6.92 Å². The molecule has 1 aliphatic heterocycles. The second-order valence-corrected chi connectivity index (χ2v) is 5.70. The Morgan fingerprint density at radius 2 is 2.16 bits per heavy atom. The normalized spacial score (nSPS) is 23.3. The lowest BCUT2D eigenvalue weighted by Crippen LogP contribution is -2.44. The number of rotatable bonds is 3. The van der Waals surface area contributed by atoms with Crippen LogP contribution in [-0.2, 0) is 9.59 Å². The number of nitrogens with one attached hydrogen (secondary N) is 1. The van der Waals surface area contributed by atoms with Crippen LogP contribution in [0.5, 0.6) is 0 Å². The molecule has 102 valence electrons. The van der Waals surface area contributed by atoms with Gasteiger partial charge in [0.05, 0.1) is 0 Å². The number of amides is 2. The summed E-state index contributed by atoms with van der Waals surface area (Å²) in [6.07, 6.45) is 1.63. The summed E-state index contributed by atoms with van der Waals surface area (Å²) in [5.41, 5.74) is 0.449. The number of piperidine rings is 1. The minimum atomic E-state index is -0.372. The molecule has 2 atom stereocenters. The largest absolute Gasteiger partial charge is 0.296 e. The number of hydrogen-bond donors (Lipinski definition) is 1. The zero-order valence-electron chi connectivity index (χ0n) is 10.6. The van der Waals surface area contributed by atoms with Crippen molar-refractivity contribution in [2.45, 2.75) is 32.1 Å². The molecule has 5 heteroatoms. The molecule has 1 aromatic rings. The standard InChI is InChI=1S/C14H15BrFNO2/c1-2-3-10-11(7-13(18)17-14(10)19)9-5-4-8(15)6-12(9)16/h4-6,10-11H,2-3,7H2,1H3,(H,17,18,19). The first-order valence-electron chi connectivity index (χ1n) is 6.31. The number of halogens is 2. The molecule has 19 heavy (non-hydrogen) atoms. The van der Waals surface area contributed by atoms with E-state index in [4.69, 9.17) is 0 Å². The van der Waals surface area contributed by atoms with E-state index < -0.39 is 0 Å². The Balaban J connectivity index is 2.37. The van der Waals surface area contributed by atoms with Crippen molar-refractivity contribution < 1.29 is 14.0 Å². The summed E-state index contributed by atoms with van der Waals surface area (Å²) in [5.74, 6) is -1.69. The lowest BCUT2D eigenvalue weighted by atomic mass is 9.78. The van der Waals surface area contributed by atoms with Gasteiger partial charge in [-0.1, -0.05) is 35.3 Å². The van der Waals surface area contributed by atoms with Crippen molar-refractivity contribution in [2.75, 3.05) is 0 Å². The van der Waals surface area contributed by atoms with Gasteiger partial charge in [0.2, 0.25) is 11.8 Å². The van der Waals surface area contributed by atoms with E-state index in [1.165, 1.54) is 6.07 Å². The summed E-state index contributed by atoms with van der Waals surface area (Å²) in [6.45, 7) is 1.97. The summed E-state index contributed by atoms with van der Waals surface area (Å²) in [5, 5.41) is 2.34. The fourth-order valence-corrected chi connectivity index (χ4v) is 2.91. The minimum absolute atomic E-state index is 0.162. The van der Waals surface area contributed by atoms with E-state index in [9.17, 15) is 14.0 Å². The molecular formula is C14H15BrFNO2. The van der Waals surface area contributed by atoms with Crippen LogP contribution in [0.3, 0.4) is 0 Å². The van der Waals surface area contributed by atoms with Crippen molar-refractivity contribution in [3.63, 3.8) is 0 Å². The van der Waals surface area contributed by atoms with E-state index in [0.717, 1.165) is 6.42 Å². The van der Waals surface area contributed by atoms with Crippen molar-refractivity contribution in [3.8, 4) is 0 Å². The van der Waals surface area contributed by atoms with E-state index in [2.05, 4.69) is 21.2 Å². The van der Waals surface area contributed by atoms with Gasteiger partial charge in [-0.05, 0) is 24.1 Å². The van der Waals surface area contributed by atoms with Gasteiger partial charge in [0.1, 0.15) is 5.82 Å². The molecule has 1 heterocycles. The lowest BCUT2D eigenvalue weighted by Gasteiger charge is -2.30. The quantitative estimate of drug-likeness (QED) is 0.867. The second kappa shape index (κ2) is 5.82. The molecule has 0 spiro atoms. The first kappa shape index (κ1) is 14.2. The Hall–Kier alpha value is -1.23. The van der Waals surface area contributed by atoms with Crippen LogP contribution < -0.4 is 5.32 Å². The van der Waals surface area contributed by atoms with E-state index >= 15 is 0 Å². The number of hydrogen-bond acceptors (Lipinski definition) is 2. The predicted octanol–water partition coefficient (Wildman–Crippen LogP) is 3.13. The lowest BCUT2D eigenvalue weighted by molar-refractivity contribution is -0.137. The molecule has 2 unspecified atom stereocenters. The molecular weight excluding hydrogens is 313 g/mol. The van der Waals surface area contributed by atoms with Crippen molar-refractivity contribution in [2.24, 2.45) is 5.92 Å². The van der Waals surface area contributed by atoms with Crippen LogP contribution in [0.15, 0.2) is 22.7 Å². The molecule has 2 rings (SSSR count). The number of imide groups is 1. The molecule has 0 radical (unpaired) electrons. The van der Waals surface area contributed by atoms with E-state index in [1.54, 1.807) is 12.1 Å². The molecule has 1 aromatic carbocycles. The molecule has 0 aliphatic carbocycles. The van der Waals surface area contributed by atoms with Gasteiger partial charge in [0, 0.05) is 22.7 Å². The zero-order chi connectivity index (χ0) is 14.0. The van der Waals surface area contributed by atoms with Crippen molar-refractivity contribution in [1.29, 1.82) is 0 Å². The van der Waals surface area contributed by atoms with Crippen molar-refractivity contribution >= 4 is 27.7 Å². The Morgan fingerprint density at radius 1 is 1.42 bits per heavy atom. The van der Waals surface area contributed by atoms with Gasteiger partial charge in [-0.3, -0.25) is 14.9 Å². The molecule has 0 saturated carbocycles. The van der Waals surface area contributed by atoms with Gasteiger partial charge in [0.15, 0.2) is 0 Å². The van der Waals surface area contributed by atoms with E-state index in [-0.39, 0.29) is 35.9 Å². The topological polar surface area (TPSA) is 46.2 Å². The summed E-state index contributed by atoms with van der Waals surface area (Å²) in [4.78, 5) is 23.4. The Morgan fingerprint density at radius 3 is 2.79 bits per heavy atom. The highest BCUT2D eigenvalue weighted by Gasteiger charge is 2.37. The van der Waals surface area contributed by atoms with Crippen LogP contribution in [0.2, 0.25) is 0 Å². The molecule has 1 N–H and O–H groups in total. The highest BCUT2D eigenvalue weighted by Crippen LogP contribution is 2.36. The third-order valence-corrected chi connectivity index (χ3v) is 3.95. The fraction of sp³-hybridized carbons (Fsp3) is 0.429. The molecule has 1 fully saturated rings. The van der Waals surface area contributed by atoms with Crippen LogP contribution in [0, 0.1) is 11.7 Å². The number of carbonyl (C=O) groups is 2. The van der Waals surface area contributed by atoms with Crippen LogP contribution in [0.1, 0.15) is 37.7 Å². The summed E-state index contributed by atoms with van der Waals surface area (Å²) in [7, 11) is 0. The summed E-state index contributed by atoms with van der Waals surface area (Å²) in [6, 6.07) is 4.76. The average Bonchev–Trinajstić information content (AvgIpc) is 2.32. The van der Waals surface area contributed by atoms with Crippen LogP contribution >= 0.6 is 15.9 Å². The summed E-state index contributed by atoms with van der Waals surface area (Å²) < 4.78 is 14.7. The van der Waals surface area contributed by atoms with Crippen molar-refractivity contribution in [3.05, 3.63) is 34.1 Å². The van der Waals surface area contributed by atoms with Crippen LogP contribution in [0.4, 0.5) is 4.39 Å². The number of benzene rings is 1. The first-order chi connectivity index (χ1) is 9.02. The fourth-order valence-electron chi connectivity index (χ4n) is 2.58. The van der Waals surface area contributed by atoms with Crippen molar-refractivity contribution in [1.82, 2.24) is 5.32 Å². The molecule has 1 aliphatic rings. The van der Waals surface area contributed by atoms with Gasteiger partial charge in [0.25, 0.3) is 0 Å². The third-order valence-electron chi connectivity index (χ3n) is 3.45. The Labute approximate surface area is 119 Å². The molecule has 0 aromatic heterocycles. The first-order valence-corrected chi connectivity index (χ1v) is 7.11. The Kier molecular flexibility index (Phi) is 4.34. The minimum Gasteiger partial charge on any atom is -0.296 e. The molecule has 1 saturated heterocycles. The third kappa shape index (κ3) is 3.03. The second-order valence-electron chi connectivity index (χ2n) is 4.78. The molecule has 3 nitrogen and oxygen atoms in total. The monoisotopic (exact) mass is 327 g/mol. The highest BCUT2D eigenvalue weighted by atomic mass is 79.9.